The number of hydrogen-bond acceptors (Lipinski definition) is 3. The number of benzene rings is 2. The number of piperidine rings is 1. The fourth-order valence-electron chi connectivity index (χ4n) is 4.65. The number of carbonyl (C=O) groups is 1. The third-order valence-electron chi connectivity index (χ3n) is 6.00. The van der Waals surface area contributed by atoms with Crippen LogP contribution in [-0.2, 0) is 11.3 Å². The molecule has 1 aliphatic carbocycles. The quantitative estimate of drug-likeness (QED) is 0.608. The van der Waals surface area contributed by atoms with E-state index in [1.807, 2.05) is 24.3 Å². The lowest BCUT2D eigenvalue weighted by molar-refractivity contribution is -0.0557. The third-order valence-corrected chi connectivity index (χ3v) is 6.52. The lowest BCUT2D eigenvalue weighted by Gasteiger charge is -2.47. The summed E-state index contributed by atoms with van der Waals surface area (Å²) >= 11 is 3.41. The van der Waals surface area contributed by atoms with Crippen LogP contribution in [0.5, 0.6) is 0 Å². The summed E-state index contributed by atoms with van der Waals surface area (Å²) in [6.07, 6.45) is 5.86. The maximum absolute atomic E-state index is 12.6. The summed E-state index contributed by atoms with van der Waals surface area (Å²) in [5, 5.41) is 0. The Hall–Kier alpha value is -1.65. The van der Waals surface area contributed by atoms with Gasteiger partial charge in [-0.25, -0.2) is 4.79 Å². The molecule has 27 heavy (non-hydrogen) atoms. The van der Waals surface area contributed by atoms with Crippen LogP contribution in [0.4, 0.5) is 0 Å². The first-order valence-corrected chi connectivity index (χ1v) is 10.7. The molecule has 142 valence electrons. The lowest BCUT2D eigenvalue weighted by Crippen LogP contribution is -2.53. The molecule has 1 saturated carbocycles. The zero-order valence-corrected chi connectivity index (χ0v) is 17.1. The van der Waals surface area contributed by atoms with Crippen molar-refractivity contribution in [1.82, 2.24) is 4.90 Å². The topological polar surface area (TPSA) is 29.5 Å². The Labute approximate surface area is 169 Å². The van der Waals surface area contributed by atoms with Crippen molar-refractivity contribution in [1.29, 1.82) is 0 Å². The minimum Gasteiger partial charge on any atom is -0.458 e. The molecular weight excluding hydrogens is 402 g/mol. The fraction of sp³-hybridized carbons (Fsp3) is 0.435. The molecule has 2 aromatic carbocycles. The highest BCUT2D eigenvalue weighted by Crippen LogP contribution is 2.38. The monoisotopic (exact) mass is 427 g/mol. The summed E-state index contributed by atoms with van der Waals surface area (Å²) < 4.78 is 6.98. The first kappa shape index (κ1) is 18.7. The van der Waals surface area contributed by atoms with Crippen molar-refractivity contribution in [3.63, 3.8) is 0 Å². The minimum absolute atomic E-state index is 0.0403. The van der Waals surface area contributed by atoms with E-state index in [4.69, 9.17) is 4.74 Å². The van der Waals surface area contributed by atoms with Gasteiger partial charge in [0.05, 0.1) is 5.56 Å². The number of carbonyl (C=O) groups excluding carboxylic acids is 1. The van der Waals surface area contributed by atoms with Crippen LogP contribution in [0.15, 0.2) is 59.1 Å². The molecule has 0 radical (unpaired) electrons. The van der Waals surface area contributed by atoms with Crippen LogP contribution in [-0.4, -0.2) is 29.6 Å². The Morgan fingerprint density at radius 2 is 1.74 bits per heavy atom. The van der Waals surface area contributed by atoms with Gasteiger partial charge in [0.2, 0.25) is 0 Å². The van der Waals surface area contributed by atoms with E-state index in [2.05, 4.69) is 51.2 Å². The van der Waals surface area contributed by atoms with Crippen molar-refractivity contribution in [2.24, 2.45) is 5.92 Å². The summed E-state index contributed by atoms with van der Waals surface area (Å²) in [7, 11) is 0. The summed E-state index contributed by atoms with van der Waals surface area (Å²) in [6, 6.07) is 18.7. The van der Waals surface area contributed by atoms with Crippen LogP contribution in [0, 0.1) is 5.92 Å². The average molecular weight is 428 g/mol. The van der Waals surface area contributed by atoms with Crippen molar-refractivity contribution >= 4 is 21.9 Å². The summed E-state index contributed by atoms with van der Waals surface area (Å²) in [6.45, 7) is 1.99. The number of ether oxygens (including phenoxy) is 1. The van der Waals surface area contributed by atoms with Gasteiger partial charge in [0.15, 0.2) is 0 Å². The van der Waals surface area contributed by atoms with Gasteiger partial charge in [-0.05, 0) is 49.1 Å². The van der Waals surface area contributed by atoms with E-state index < -0.39 is 0 Å². The van der Waals surface area contributed by atoms with Gasteiger partial charge in [-0.1, -0.05) is 59.1 Å². The Kier molecular flexibility index (Phi) is 5.94. The van der Waals surface area contributed by atoms with Crippen molar-refractivity contribution in [2.45, 2.75) is 50.8 Å². The number of fused-ring (bicyclic) bond motifs is 1. The molecule has 1 heterocycles. The molecule has 4 heteroatoms. The molecule has 4 rings (SSSR count). The highest BCUT2D eigenvalue weighted by molar-refractivity contribution is 9.10. The van der Waals surface area contributed by atoms with E-state index in [0.29, 0.717) is 17.5 Å². The van der Waals surface area contributed by atoms with Gasteiger partial charge < -0.3 is 4.74 Å². The SMILES string of the molecule is O=C(OC1CCN(Cc2ccccc2)C2CCCCC12)c1ccc(Br)cc1. The van der Waals surface area contributed by atoms with Gasteiger partial charge in [0.1, 0.15) is 6.10 Å². The number of rotatable bonds is 4. The van der Waals surface area contributed by atoms with Crippen molar-refractivity contribution in [2.75, 3.05) is 6.54 Å². The van der Waals surface area contributed by atoms with E-state index in [-0.39, 0.29) is 12.1 Å². The minimum atomic E-state index is -0.187. The standard InChI is InChI=1S/C23H26BrNO2/c24-19-12-10-18(11-13-19)23(26)27-22-14-15-25(16-17-6-2-1-3-7-17)21-9-5-4-8-20(21)22/h1-3,6-7,10-13,20-22H,4-5,8-9,14-16H2. The van der Waals surface area contributed by atoms with Gasteiger partial charge >= 0.3 is 5.97 Å². The smallest absolute Gasteiger partial charge is 0.338 e. The highest BCUT2D eigenvalue weighted by atomic mass is 79.9. The van der Waals surface area contributed by atoms with Crippen molar-refractivity contribution < 1.29 is 9.53 Å². The van der Waals surface area contributed by atoms with Crippen LogP contribution >= 0.6 is 15.9 Å². The molecule has 0 aromatic heterocycles. The normalized spacial score (nSPS) is 25.6. The van der Waals surface area contributed by atoms with Crippen LogP contribution in [0.1, 0.15) is 48.0 Å². The maximum atomic E-state index is 12.6. The lowest BCUT2D eigenvalue weighted by atomic mass is 9.76. The third kappa shape index (κ3) is 4.44. The molecular formula is C23H26BrNO2. The predicted octanol–water partition coefficient (Wildman–Crippen LogP) is 5.44. The first-order chi connectivity index (χ1) is 13.2. The second kappa shape index (κ2) is 8.57. The molecule has 3 atom stereocenters. The number of nitrogens with zero attached hydrogens (tertiary/aromatic N) is 1. The largest absolute Gasteiger partial charge is 0.458 e. The molecule has 3 nitrogen and oxygen atoms in total. The second-order valence-corrected chi connectivity index (χ2v) is 8.63. The maximum Gasteiger partial charge on any atom is 0.338 e. The van der Waals surface area contributed by atoms with Crippen LogP contribution in [0.3, 0.4) is 0 Å². The van der Waals surface area contributed by atoms with E-state index in [1.165, 1.54) is 24.8 Å². The Morgan fingerprint density at radius 3 is 2.52 bits per heavy atom. The summed E-state index contributed by atoms with van der Waals surface area (Å²) in [4.78, 5) is 15.2. The molecule has 1 aliphatic heterocycles. The summed E-state index contributed by atoms with van der Waals surface area (Å²) in [5.41, 5.74) is 2.00. The predicted molar refractivity (Wildman–Crippen MR) is 111 cm³/mol. The Bertz CT molecular complexity index is 762. The molecule has 2 aromatic rings. The zero-order chi connectivity index (χ0) is 18.6. The van der Waals surface area contributed by atoms with Gasteiger partial charge in [0.25, 0.3) is 0 Å². The van der Waals surface area contributed by atoms with E-state index >= 15 is 0 Å². The Balaban J connectivity index is 1.44. The second-order valence-electron chi connectivity index (χ2n) is 7.71. The van der Waals surface area contributed by atoms with Gasteiger partial charge in [-0.15, -0.1) is 0 Å². The molecule has 0 bridgehead atoms. The number of esters is 1. The van der Waals surface area contributed by atoms with Crippen LogP contribution in [0.25, 0.3) is 0 Å². The van der Waals surface area contributed by atoms with Gasteiger partial charge in [0, 0.05) is 29.5 Å². The first-order valence-electron chi connectivity index (χ1n) is 9.95. The zero-order valence-electron chi connectivity index (χ0n) is 15.5. The molecule has 1 saturated heterocycles. The number of likely N-dealkylation sites (tertiary alicyclic amines) is 1. The van der Waals surface area contributed by atoms with Gasteiger partial charge in [-0.2, -0.15) is 0 Å². The molecule has 2 aliphatic rings. The number of hydrogen-bond donors (Lipinski definition) is 0. The van der Waals surface area contributed by atoms with Crippen molar-refractivity contribution in [3.8, 4) is 0 Å². The molecule has 3 unspecified atom stereocenters. The Morgan fingerprint density at radius 1 is 1.00 bits per heavy atom. The summed E-state index contributed by atoms with van der Waals surface area (Å²) in [5.74, 6) is 0.268. The highest BCUT2D eigenvalue weighted by Gasteiger charge is 2.41. The van der Waals surface area contributed by atoms with Gasteiger partial charge in [-0.3, -0.25) is 4.90 Å². The molecule has 2 fully saturated rings. The molecule has 0 spiro atoms. The molecule has 0 N–H and O–H groups in total. The van der Waals surface area contributed by atoms with Crippen LogP contribution < -0.4 is 0 Å². The van der Waals surface area contributed by atoms with E-state index in [0.717, 1.165) is 30.4 Å². The average Bonchev–Trinajstić information content (AvgIpc) is 2.71. The van der Waals surface area contributed by atoms with Crippen LogP contribution in [0.2, 0.25) is 0 Å². The number of halogens is 1. The van der Waals surface area contributed by atoms with E-state index in [9.17, 15) is 4.79 Å². The van der Waals surface area contributed by atoms with Crippen molar-refractivity contribution in [3.05, 3.63) is 70.2 Å². The van der Waals surface area contributed by atoms with E-state index in [1.54, 1.807) is 0 Å². The fourth-order valence-corrected chi connectivity index (χ4v) is 4.92. The molecule has 0 amide bonds.